The summed E-state index contributed by atoms with van der Waals surface area (Å²) < 4.78 is 0. The van der Waals surface area contributed by atoms with Crippen molar-refractivity contribution in [1.29, 1.82) is 0 Å². The molecule has 0 aliphatic heterocycles. The molecule has 6 heteroatoms. The Labute approximate surface area is 404 Å². The molecular formula is C64H40N6. The smallest absolute Gasteiger partial charge is 0.164 e. The molecule has 2 aromatic heterocycles. The highest BCUT2D eigenvalue weighted by atomic mass is 15.0. The second kappa shape index (κ2) is 17.3. The van der Waals surface area contributed by atoms with Gasteiger partial charge in [0.25, 0.3) is 0 Å². The van der Waals surface area contributed by atoms with Crippen molar-refractivity contribution in [2.24, 2.45) is 0 Å². The highest BCUT2D eigenvalue weighted by Gasteiger charge is 2.20. The topological polar surface area (TPSA) is 77.3 Å². The van der Waals surface area contributed by atoms with Gasteiger partial charge in [0.15, 0.2) is 34.9 Å². The molecule has 0 radical (unpaired) electrons. The molecule has 0 unspecified atom stereocenters. The molecule has 0 amide bonds. The van der Waals surface area contributed by atoms with E-state index < -0.39 is 0 Å². The van der Waals surface area contributed by atoms with Crippen molar-refractivity contribution < 1.29 is 0 Å². The zero-order valence-electron chi connectivity index (χ0n) is 37.8. The predicted molar refractivity (Wildman–Crippen MR) is 287 cm³/mol. The Hall–Kier alpha value is -9.52. The molecule has 13 aromatic rings. The van der Waals surface area contributed by atoms with E-state index in [-0.39, 0.29) is 0 Å². The van der Waals surface area contributed by atoms with Crippen LogP contribution in [0.4, 0.5) is 0 Å². The van der Waals surface area contributed by atoms with E-state index in [1.165, 1.54) is 54.2 Å². The lowest BCUT2D eigenvalue weighted by Gasteiger charge is -2.18. The van der Waals surface area contributed by atoms with E-state index in [9.17, 15) is 0 Å². The van der Waals surface area contributed by atoms with Gasteiger partial charge < -0.3 is 0 Å². The summed E-state index contributed by atoms with van der Waals surface area (Å²) in [6.07, 6.45) is 0. The molecule has 0 aliphatic rings. The standard InChI is InChI=1S/C64H40N6/c1-4-18-41(19-5-1)59-65-60(42-20-6-2-7-21-42)67-62(66-59)44-32-34-45(35-33-44)63-68-61(43-22-8-3-9-23-43)69-64(70-63)52-39-50(57-53-28-14-10-24-46(53)36-47-25-11-15-29-54(47)57)38-51(40-52)58-55-30-16-12-26-48(55)37-49-27-13-17-31-56(49)58/h1-40H. The van der Waals surface area contributed by atoms with Crippen molar-refractivity contribution in [2.45, 2.75) is 0 Å². The molecule has 0 aliphatic carbocycles. The van der Waals surface area contributed by atoms with Crippen molar-refractivity contribution in [3.8, 4) is 90.6 Å². The summed E-state index contributed by atoms with van der Waals surface area (Å²) in [4.78, 5) is 30.7. The van der Waals surface area contributed by atoms with Crippen molar-refractivity contribution in [2.75, 3.05) is 0 Å². The molecule has 70 heavy (non-hydrogen) atoms. The quantitative estimate of drug-likeness (QED) is 0.141. The predicted octanol–water partition coefficient (Wildman–Crippen LogP) is 16.0. The van der Waals surface area contributed by atoms with Crippen LogP contribution in [-0.4, -0.2) is 29.9 Å². The Balaban J connectivity index is 1.02. The van der Waals surface area contributed by atoms with Gasteiger partial charge in [-0.1, -0.05) is 212 Å². The van der Waals surface area contributed by atoms with Crippen LogP contribution in [0.3, 0.4) is 0 Å². The van der Waals surface area contributed by atoms with E-state index in [0.29, 0.717) is 34.9 Å². The first-order valence-corrected chi connectivity index (χ1v) is 23.4. The maximum atomic E-state index is 5.36. The fourth-order valence-corrected chi connectivity index (χ4v) is 9.75. The minimum absolute atomic E-state index is 0.555. The maximum Gasteiger partial charge on any atom is 0.164 e. The van der Waals surface area contributed by atoms with E-state index >= 15 is 0 Å². The lowest BCUT2D eigenvalue weighted by molar-refractivity contribution is 1.07. The first-order valence-electron chi connectivity index (χ1n) is 23.4. The van der Waals surface area contributed by atoms with Crippen LogP contribution in [-0.2, 0) is 0 Å². The van der Waals surface area contributed by atoms with Crippen LogP contribution in [0.1, 0.15) is 0 Å². The number of aromatic nitrogens is 6. The van der Waals surface area contributed by atoms with Gasteiger partial charge in [-0.2, -0.15) is 0 Å². The van der Waals surface area contributed by atoms with Gasteiger partial charge in [-0.3, -0.25) is 0 Å². The Kier molecular flexibility index (Phi) is 10.1. The fourth-order valence-electron chi connectivity index (χ4n) is 9.75. The Morgan fingerprint density at radius 1 is 0.171 bits per heavy atom. The molecule has 0 N–H and O–H groups in total. The second-order valence-corrected chi connectivity index (χ2v) is 17.5. The molecule has 0 saturated carbocycles. The van der Waals surface area contributed by atoms with Gasteiger partial charge in [-0.25, -0.2) is 29.9 Å². The Bertz CT molecular complexity index is 3800. The summed E-state index contributed by atoms with van der Waals surface area (Å²) in [6, 6.07) is 84.6. The molecule has 0 saturated heterocycles. The zero-order chi connectivity index (χ0) is 46.4. The summed E-state index contributed by atoms with van der Waals surface area (Å²) in [5.41, 5.74) is 9.78. The van der Waals surface area contributed by atoms with Crippen LogP contribution in [0.5, 0.6) is 0 Å². The number of rotatable bonds is 8. The van der Waals surface area contributed by atoms with Gasteiger partial charge in [0.05, 0.1) is 0 Å². The Morgan fingerprint density at radius 2 is 0.400 bits per heavy atom. The third-order valence-electron chi connectivity index (χ3n) is 13.1. The third-order valence-corrected chi connectivity index (χ3v) is 13.1. The van der Waals surface area contributed by atoms with Crippen LogP contribution in [0.25, 0.3) is 134 Å². The van der Waals surface area contributed by atoms with Gasteiger partial charge in [-0.05, 0) is 95.7 Å². The summed E-state index contributed by atoms with van der Waals surface area (Å²) in [5, 5.41) is 9.44. The highest BCUT2D eigenvalue weighted by Crippen LogP contribution is 2.43. The molecule has 6 nitrogen and oxygen atoms in total. The summed E-state index contributed by atoms with van der Waals surface area (Å²) in [6.45, 7) is 0. The van der Waals surface area contributed by atoms with Gasteiger partial charge in [0.2, 0.25) is 0 Å². The zero-order valence-corrected chi connectivity index (χ0v) is 37.8. The highest BCUT2D eigenvalue weighted by molar-refractivity contribution is 6.16. The molecule has 0 atom stereocenters. The largest absolute Gasteiger partial charge is 0.208 e. The molecule has 2 heterocycles. The van der Waals surface area contributed by atoms with Crippen LogP contribution in [0.15, 0.2) is 243 Å². The number of hydrogen-bond acceptors (Lipinski definition) is 6. The number of benzene rings is 11. The lowest BCUT2D eigenvalue weighted by Crippen LogP contribution is -2.01. The molecule has 326 valence electrons. The van der Waals surface area contributed by atoms with Crippen LogP contribution in [0, 0.1) is 0 Å². The van der Waals surface area contributed by atoms with Gasteiger partial charge in [0, 0.05) is 33.4 Å². The summed E-state index contributed by atoms with van der Waals surface area (Å²) >= 11 is 0. The van der Waals surface area contributed by atoms with Crippen LogP contribution >= 0.6 is 0 Å². The van der Waals surface area contributed by atoms with Gasteiger partial charge >= 0.3 is 0 Å². The average molecular weight is 893 g/mol. The minimum Gasteiger partial charge on any atom is -0.208 e. The summed E-state index contributed by atoms with van der Waals surface area (Å²) in [5.74, 6) is 3.50. The Morgan fingerprint density at radius 3 is 0.700 bits per heavy atom. The third kappa shape index (κ3) is 7.50. The number of fused-ring (bicyclic) bond motifs is 4. The second-order valence-electron chi connectivity index (χ2n) is 17.5. The average Bonchev–Trinajstić information content (AvgIpc) is 3.44. The van der Waals surface area contributed by atoms with Gasteiger partial charge in [0.1, 0.15) is 0 Å². The van der Waals surface area contributed by atoms with Crippen LogP contribution < -0.4 is 0 Å². The molecule has 0 fully saturated rings. The van der Waals surface area contributed by atoms with Crippen molar-refractivity contribution in [3.05, 3.63) is 243 Å². The fraction of sp³-hybridized carbons (Fsp3) is 0. The number of hydrogen-bond donors (Lipinski definition) is 0. The molecule has 13 rings (SSSR count). The van der Waals surface area contributed by atoms with E-state index in [0.717, 1.165) is 44.5 Å². The SMILES string of the molecule is c1ccc(-c2nc(-c3ccccc3)nc(-c3ccc(-c4nc(-c5ccccc5)nc(-c5cc(-c6c7ccccc7cc7ccccc67)cc(-c6c7ccccc7cc7ccccc67)c5)n4)cc3)n2)cc1. The summed E-state index contributed by atoms with van der Waals surface area (Å²) in [7, 11) is 0. The number of nitrogens with zero attached hydrogens (tertiary/aromatic N) is 6. The van der Waals surface area contributed by atoms with Crippen molar-refractivity contribution >= 4 is 43.1 Å². The lowest BCUT2D eigenvalue weighted by atomic mass is 9.87. The maximum absolute atomic E-state index is 5.36. The first kappa shape index (κ1) is 40.7. The van der Waals surface area contributed by atoms with E-state index in [1.807, 2.05) is 115 Å². The van der Waals surface area contributed by atoms with E-state index in [4.69, 9.17) is 29.9 Å². The van der Waals surface area contributed by atoms with Crippen LogP contribution in [0.2, 0.25) is 0 Å². The van der Waals surface area contributed by atoms with Gasteiger partial charge in [-0.15, -0.1) is 0 Å². The minimum atomic E-state index is 0.555. The monoisotopic (exact) mass is 892 g/mol. The normalized spacial score (nSPS) is 11.4. The first-order chi connectivity index (χ1) is 34.7. The van der Waals surface area contributed by atoms with E-state index in [2.05, 4.69) is 127 Å². The molecular weight excluding hydrogens is 853 g/mol. The van der Waals surface area contributed by atoms with Crippen molar-refractivity contribution in [3.63, 3.8) is 0 Å². The van der Waals surface area contributed by atoms with Crippen molar-refractivity contribution in [1.82, 2.24) is 29.9 Å². The molecule has 0 bridgehead atoms. The molecule has 11 aromatic carbocycles. The van der Waals surface area contributed by atoms with E-state index in [1.54, 1.807) is 0 Å². The molecule has 0 spiro atoms.